The Morgan fingerprint density at radius 3 is 2.37 bits per heavy atom. The third-order valence-electron chi connectivity index (χ3n) is 4.21. The van der Waals surface area contributed by atoms with Gasteiger partial charge in [0.2, 0.25) is 10.0 Å². The van der Waals surface area contributed by atoms with Crippen molar-refractivity contribution in [3.8, 4) is 0 Å². The van der Waals surface area contributed by atoms with Gasteiger partial charge in [-0.15, -0.1) is 0 Å². The lowest BCUT2D eigenvalue weighted by Gasteiger charge is -2.16. The predicted molar refractivity (Wildman–Crippen MR) is 107 cm³/mol. The number of hydrogen-bond donors (Lipinski definition) is 2. The van der Waals surface area contributed by atoms with E-state index in [0.717, 1.165) is 15.1 Å². The van der Waals surface area contributed by atoms with Crippen LogP contribution in [0.1, 0.15) is 5.56 Å². The van der Waals surface area contributed by atoms with Gasteiger partial charge in [-0.2, -0.15) is 0 Å². The largest absolute Gasteiger partial charge is 0.334 e. The van der Waals surface area contributed by atoms with E-state index < -0.39 is 16.1 Å². The highest BCUT2D eigenvalue weighted by Crippen LogP contribution is 2.23. The van der Waals surface area contributed by atoms with E-state index in [1.165, 1.54) is 20.2 Å². The third-order valence-corrected chi connectivity index (χ3v) is 6.12. The first-order chi connectivity index (χ1) is 12.9. The van der Waals surface area contributed by atoms with E-state index in [9.17, 15) is 13.2 Å². The van der Waals surface area contributed by atoms with Crippen molar-refractivity contribution >= 4 is 32.5 Å². The Hall–Kier alpha value is -2.90. The number of sulfonamides is 1. The van der Waals surface area contributed by atoms with Gasteiger partial charge in [-0.05, 0) is 23.1 Å². The highest BCUT2D eigenvalue weighted by molar-refractivity contribution is 7.89. The zero-order chi connectivity index (χ0) is 19.4. The molecule has 0 aromatic heterocycles. The first-order valence-electron chi connectivity index (χ1n) is 8.42. The number of carbonyl (C=O) groups is 1. The summed E-state index contributed by atoms with van der Waals surface area (Å²) < 4.78 is 26.0. The summed E-state index contributed by atoms with van der Waals surface area (Å²) in [4.78, 5) is 12.5. The molecule has 0 aliphatic carbocycles. The fraction of sp³-hybridized carbons (Fsp3) is 0.150. The molecular formula is C20H21N3O3S. The van der Waals surface area contributed by atoms with E-state index in [2.05, 4.69) is 10.6 Å². The monoisotopic (exact) mass is 383 g/mol. The molecule has 7 heteroatoms. The lowest BCUT2D eigenvalue weighted by atomic mass is 10.1. The molecule has 27 heavy (non-hydrogen) atoms. The van der Waals surface area contributed by atoms with Gasteiger partial charge >= 0.3 is 6.03 Å². The Kier molecular flexibility index (Phi) is 5.43. The van der Waals surface area contributed by atoms with E-state index in [0.29, 0.717) is 11.3 Å². The normalized spacial score (nSPS) is 11.5. The molecule has 0 aliphatic heterocycles. The lowest BCUT2D eigenvalue weighted by Crippen LogP contribution is -2.30. The van der Waals surface area contributed by atoms with Gasteiger partial charge < -0.3 is 10.6 Å². The first-order valence-corrected chi connectivity index (χ1v) is 9.86. The third kappa shape index (κ3) is 4.10. The number of nitrogens with one attached hydrogen (secondary N) is 2. The zero-order valence-corrected chi connectivity index (χ0v) is 16.0. The summed E-state index contributed by atoms with van der Waals surface area (Å²) >= 11 is 0. The Bertz CT molecular complexity index is 1070. The summed E-state index contributed by atoms with van der Waals surface area (Å²) in [6.45, 7) is 0.0971. The second-order valence-electron chi connectivity index (χ2n) is 6.23. The average molecular weight is 383 g/mol. The Morgan fingerprint density at radius 2 is 1.59 bits per heavy atom. The van der Waals surface area contributed by atoms with Gasteiger partial charge in [-0.3, -0.25) is 0 Å². The molecular weight excluding hydrogens is 362 g/mol. The van der Waals surface area contributed by atoms with Crippen molar-refractivity contribution in [1.82, 2.24) is 9.62 Å². The van der Waals surface area contributed by atoms with Gasteiger partial charge in [-0.25, -0.2) is 17.5 Å². The van der Waals surface area contributed by atoms with Crippen LogP contribution in [0.3, 0.4) is 0 Å². The molecule has 0 saturated heterocycles. The summed E-state index contributed by atoms with van der Waals surface area (Å²) in [7, 11) is -0.624. The van der Waals surface area contributed by atoms with Crippen molar-refractivity contribution in [2.45, 2.75) is 11.4 Å². The van der Waals surface area contributed by atoms with Crippen LogP contribution in [0, 0.1) is 0 Å². The van der Waals surface area contributed by atoms with E-state index in [1.807, 2.05) is 42.5 Å². The Balaban J connectivity index is 1.75. The molecule has 0 spiro atoms. The van der Waals surface area contributed by atoms with Crippen LogP contribution in [-0.2, 0) is 16.6 Å². The lowest BCUT2D eigenvalue weighted by molar-refractivity contribution is 0.251. The minimum Gasteiger partial charge on any atom is -0.334 e. The Labute approximate surface area is 158 Å². The van der Waals surface area contributed by atoms with Gasteiger partial charge in [0.05, 0.1) is 10.6 Å². The van der Waals surface area contributed by atoms with Crippen molar-refractivity contribution in [2.75, 3.05) is 19.4 Å². The van der Waals surface area contributed by atoms with Crippen molar-refractivity contribution in [1.29, 1.82) is 0 Å². The molecule has 0 bridgehead atoms. The molecule has 0 saturated carbocycles. The van der Waals surface area contributed by atoms with Crippen LogP contribution in [-0.4, -0.2) is 32.8 Å². The summed E-state index contributed by atoms with van der Waals surface area (Å²) in [6.07, 6.45) is 0. The van der Waals surface area contributed by atoms with E-state index in [1.54, 1.807) is 18.2 Å². The number of amides is 2. The second-order valence-corrected chi connectivity index (χ2v) is 8.35. The van der Waals surface area contributed by atoms with Crippen molar-refractivity contribution < 1.29 is 13.2 Å². The van der Waals surface area contributed by atoms with Crippen LogP contribution in [0.15, 0.2) is 71.6 Å². The summed E-state index contributed by atoms with van der Waals surface area (Å²) in [5.41, 5.74) is 1.22. The van der Waals surface area contributed by atoms with Crippen LogP contribution in [0.2, 0.25) is 0 Å². The first kappa shape index (κ1) is 18.9. The average Bonchev–Trinajstić information content (AvgIpc) is 2.67. The molecule has 0 atom stereocenters. The number of hydrogen-bond acceptors (Lipinski definition) is 3. The number of carbonyl (C=O) groups excluding carboxylic acids is 1. The second kappa shape index (κ2) is 7.77. The van der Waals surface area contributed by atoms with Crippen LogP contribution >= 0.6 is 0 Å². The number of benzene rings is 3. The number of urea groups is 1. The fourth-order valence-corrected chi connectivity index (χ4v) is 3.89. The number of nitrogens with zero attached hydrogens (tertiary/aromatic N) is 1. The molecule has 0 radical (unpaired) electrons. The van der Waals surface area contributed by atoms with Crippen LogP contribution in [0.25, 0.3) is 10.8 Å². The highest BCUT2D eigenvalue weighted by atomic mass is 32.2. The molecule has 3 aromatic rings. The number of anilines is 1. The van der Waals surface area contributed by atoms with Gasteiger partial charge in [0, 0.05) is 26.0 Å². The summed E-state index contributed by atoms with van der Waals surface area (Å²) in [5, 5.41) is 7.52. The maximum Gasteiger partial charge on any atom is 0.319 e. The summed E-state index contributed by atoms with van der Waals surface area (Å²) in [5.74, 6) is 0. The Morgan fingerprint density at radius 1 is 0.926 bits per heavy atom. The van der Waals surface area contributed by atoms with Gasteiger partial charge in [0.1, 0.15) is 0 Å². The van der Waals surface area contributed by atoms with E-state index in [4.69, 9.17) is 0 Å². The molecule has 0 fully saturated rings. The molecule has 2 N–H and O–H groups in total. The molecule has 0 unspecified atom stereocenters. The molecule has 2 amide bonds. The maximum absolute atomic E-state index is 12.4. The SMILES string of the molecule is CN(C)S(=O)(=O)c1ccccc1CNC(=O)Nc1cccc2ccccc12. The van der Waals surface area contributed by atoms with E-state index >= 15 is 0 Å². The van der Waals surface area contributed by atoms with Crippen LogP contribution in [0.4, 0.5) is 10.5 Å². The van der Waals surface area contributed by atoms with Gasteiger partial charge in [-0.1, -0.05) is 54.6 Å². The van der Waals surface area contributed by atoms with Crippen molar-refractivity contribution in [3.63, 3.8) is 0 Å². The predicted octanol–water partition coefficient (Wildman–Crippen LogP) is 3.41. The minimum atomic E-state index is -3.58. The van der Waals surface area contributed by atoms with Crippen LogP contribution < -0.4 is 10.6 Å². The fourth-order valence-electron chi connectivity index (χ4n) is 2.77. The molecule has 3 aromatic carbocycles. The van der Waals surface area contributed by atoms with E-state index in [-0.39, 0.29) is 11.4 Å². The minimum absolute atomic E-state index is 0.0971. The number of rotatable bonds is 5. The summed E-state index contributed by atoms with van der Waals surface area (Å²) in [6, 6.07) is 19.7. The molecule has 3 rings (SSSR count). The van der Waals surface area contributed by atoms with Gasteiger partial charge in [0.15, 0.2) is 0 Å². The van der Waals surface area contributed by atoms with Gasteiger partial charge in [0.25, 0.3) is 0 Å². The van der Waals surface area contributed by atoms with Crippen LogP contribution in [0.5, 0.6) is 0 Å². The van der Waals surface area contributed by atoms with Crippen molar-refractivity contribution in [2.24, 2.45) is 0 Å². The standard InChI is InChI=1S/C20H21N3O3S/c1-23(2)27(25,26)19-13-6-4-9-16(19)14-21-20(24)22-18-12-7-10-15-8-3-5-11-17(15)18/h3-13H,14H2,1-2H3,(H2,21,22,24). The quantitative estimate of drug-likeness (QED) is 0.709. The smallest absolute Gasteiger partial charge is 0.319 e. The zero-order valence-electron chi connectivity index (χ0n) is 15.1. The highest BCUT2D eigenvalue weighted by Gasteiger charge is 2.20. The van der Waals surface area contributed by atoms with Crippen molar-refractivity contribution in [3.05, 3.63) is 72.3 Å². The maximum atomic E-state index is 12.4. The molecule has 0 heterocycles. The molecule has 140 valence electrons. The molecule has 6 nitrogen and oxygen atoms in total. The topological polar surface area (TPSA) is 78.5 Å². The number of fused-ring (bicyclic) bond motifs is 1. The molecule has 0 aliphatic rings.